The average Bonchev–Trinajstić information content (AvgIpc) is 2.86. The van der Waals surface area contributed by atoms with Gasteiger partial charge in [0.25, 0.3) is 0 Å². The number of carbonyl (C=O) groups excluding carboxylic acids is 3. The fraction of sp³-hybridized carbons (Fsp3) is 0.360. The smallest absolute Gasteiger partial charge is 0.322 e. The number of aromatic hydroxyl groups is 1. The van der Waals surface area contributed by atoms with Crippen LogP contribution in [0, 0.1) is 0 Å². The number of amides is 3. The Balaban J connectivity index is 2.10. The second kappa shape index (κ2) is 14.4. The first-order valence-corrected chi connectivity index (χ1v) is 11.6. The van der Waals surface area contributed by atoms with Gasteiger partial charge in [0.1, 0.15) is 24.4 Å². The molecule has 0 unspecified atom stereocenters. The van der Waals surface area contributed by atoms with Crippen molar-refractivity contribution in [2.24, 2.45) is 11.5 Å². The van der Waals surface area contributed by atoms with Crippen LogP contribution < -0.4 is 27.4 Å². The fourth-order valence-electron chi connectivity index (χ4n) is 3.47. The lowest BCUT2D eigenvalue weighted by molar-refractivity contribution is -0.138. The summed E-state index contributed by atoms with van der Waals surface area (Å²) in [4.78, 5) is 49.4. The molecule has 2 aromatic rings. The number of rotatable bonds is 14. The van der Waals surface area contributed by atoms with Crippen LogP contribution in [0.3, 0.4) is 0 Å². The predicted octanol–water partition coefficient (Wildman–Crippen LogP) is -0.586. The van der Waals surface area contributed by atoms with Gasteiger partial charge in [-0.1, -0.05) is 42.5 Å². The molecule has 2 aromatic carbocycles. The van der Waals surface area contributed by atoms with E-state index in [2.05, 4.69) is 16.0 Å². The minimum Gasteiger partial charge on any atom is -0.508 e. The molecular weight excluding hydrogens is 466 g/mol. The monoisotopic (exact) mass is 499 g/mol. The highest BCUT2D eigenvalue weighted by molar-refractivity contribution is 5.93. The van der Waals surface area contributed by atoms with Gasteiger partial charge in [0.2, 0.25) is 17.7 Å². The molecule has 11 nitrogen and oxygen atoms in total. The SMILES string of the molecule is NCCC[C@@H](NC(=O)[C@@H](N)Cc1ccc(O)cc1)C(=O)N[C@@H](Cc1ccccc1)C(=O)NCC(=O)O. The van der Waals surface area contributed by atoms with Crippen LogP contribution >= 0.6 is 0 Å². The zero-order chi connectivity index (χ0) is 26.5. The molecule has 0 aromatic heterocycles. The highest BCUT2D eigenvalue weighted by atomic mass is 16.4. The van der Waals surface area contributed by atoms with E-state index < -0.39 is 48.4 Å². The number of aliphatic carboxylic acids is 1. The third-order valence-electron chi connectivity index (χ3n) is 5.39. The van der Waals surface area contributed by atoms with Gasteiger partial charge in [-0.2, -0.15) is 0 Å². The third-order valence-corrected chi connectivity index (χ3v) is 5.39. The number of hydrogen-bond acceptors (Lipinski definition) is 7. The van der Waals surface area contributed by atoms with Crippen LogP contribution in [0.25, 0.3) is 0 Å². The maximum Gasteiger partial charge on any atom is 0.322 e. The van der Waals surface area contributed by atoms with Crippen molar-refractivity contribution in [1.82, 2.24) is 16.0 Å². The van der Waals surface area contributed by atoms with Gasteiger partial charge in [0, 0.05) is 6.42 Å². The standard InChI is InChI=1S/C25H33N5O6/c26-12-4-7-20(29-23(34)19(27)13-17-8-10-18(31)11-9-17)25(36)30-21(24(35)28-15-22(32)33)14-16-5-2-1-3-6-16/h1-3,5-6,8-11,19-21,31H,4,7,12-15,26-27H2,(H,28,35)(H,29,34)(H,30,36)(H,32,33)/t19-,20+,21-/m0/s1. The summed E-state index contributed by atoms with van der Waals surface area (Å²) >= 11 is 0. The predicted molar refractivity (Wildman–Crippen MR) is 133 cm³/mol. The van der Waals surface area contributed by atoms with E-state index >= 15 is 0 Å². The molecular formula is C25H33N5O6. The second-order valence-corrected chi connectivity index (χ2v) is 8.33. The maximum absolute atomic E-state index is 13.1. The summed E-state index contributed by atoms with van der Waals surface area (Å²) in [5.74, 6) is -2.96. The third kappa shape index (κ3) is 9.72. The summed E-state index contributed by atoms with van der Waals surface area (Å²) in [7, 11) is 0. The van der Waals surface area contributed by atoms with Gasteiger partial charge in [-0.3, -0.25) is 19.2 Å². The van der Waals surface area contributed by atoms with E-state index in [1.165, 1.54) is 12.1 Å². The van der Waals surface area contributed by atoms with Crippen LogP contribution in [-0.2, 0) is 32.0 Å². The molecule has 0 heterocycles. The van der Waals surface area contributed by atoms with Crippen LogP contribution in [0.5, 0.6) is 5.75 Å². The first-order chi connectivity index (χ1) is 17.2. The molecule has 11 heteroatoms. The quantitative estimate of drug-likeness (QED) is 0.179. The van der Waals surface area contributed by atoms with E-state index in [9.17, 15) is 24.3 Å². The molecule has 0 saturated carbocycles. The van der Waals surface area contributed by atoms with E-state index in [1.807, 2.05) is 0 Å². The lowest BCUT2D eigenvalue weighted by Gasteiger charge is -2.24. The largest absolute Gasteiger partial charge is 0.508 e. The molecule has 9 N–H and O–H groups in total. The first-order valence-electron chi connectivity index (χ1n) is 11.6. The highest BCUT2D eigenvalue weighted by Gasteiger charge is 2.28. The normalized spacial score (nSPS) is 13.2. The zero-order valence-electron chi connectivity index (χ0n) is 19.9. The number of phenols is 1. The van der Waals surface area contributed by atoms with Gasteiger partial charge in [-0.25, -0.2) is 0 Å². The van der Waals surface area contributed by atoms with Crippen molar-refractivity contribution in [2.75, 3.05) is 13.1 Å². The first kappa shape index (κ1) is 28.3. The Morgan fingerprint density at radius 3 is 2.03 bits per heavy atom. The molecule has 0 aliphatic carbocycles. The number of carboxylic acid groups (broad SMARTS) is 1. The molecule has 0 bridgehead atoms. The van der Waals surface area contributed by atoms with Gasteiger partial charge in [-0.05, 0) is 49.1 Å². The van der Waals surface area contributed by atoms with Gasteiger partial charge in [0.05, 0.1) is 6.04 Å². The number of hydrogen-bond donors (Lipinski definition) is 7. The number of carbonyl (C=O) groups is 4. The van der Waals surface area contributed by atoms with Gasteiger partial charge < -0.3 is 37.6 Å². The van der Waals surface area contributed by atoms with Crippen molar-refractivity contribution in [2.45, 2.75) is 43.8 Å². The van der Waals surface area contributed by atoms with Crippen LogP contribution in [-0.4, -0.2) is 65.1 Å². The van der Waals surface area contributed by atoms with E-state index in [0.29, 0.717) is 6.42 Å². The summed E-state index contributed by atoms with van der Waals surface area (Å²) in [5, 5.41) is 25.8. The average molecular weight is 500 g/mol. The highest BCUT2D eigenvalue weighted by Crippen LogP contribution is 2.11. The van der Waals surface area contributed by atoms with Gasteiger partial charge >= 0.3 is 5.97 Å². The Bertz CT molecular complexity index is 1020. The minimum absolute atomic E-state index is 0.0905. The van der Waals surface area contributed by atoms with Crippen molar-refractivity contribution >= 4 is 23.7 Å². The summed E-state index contributed by atoms with van der Waals surface area (Å²) in [5.41, 5.74) is 13.1. The minimum atomic E-state index is -1.22. The van der Waals surface area contributed by atoms with Crippen molar-refractivity contribution < 1.29 is 29.4 Å². The fourth-order valence-corrected chi connectivity index (χ4v) is 3.47. The van der Waals surface area contributed by atoms with E-state index in [1.54, 1.807) is 42.5 Å². The van der Waals surface area contributed by atoms with Gasteiger partial charge in [-0.15, -0.1) is 0 Å². The lowest BCUT2D eigenvalue weighted by Crippen LogP contribution is -2.56. The topological polar surface area (TPSA) is 197 Å². The molecule has 0 radical (unpaired) electrons. The molecule has 0 fully saturated rings. The van der Waals surface area contributed by atoms with Crippen molar-refractivity contribution in [3.05, 3.63) is 65.7 Å². The number of benzene rings is 2. The molecule has 194 valence electrons. The molecule has 3 atom stereocenters. The molecule has 0 spiro atoms. The Morgan fingerprint density at radius 1 is 0.806 bits per heavy atom. The molecule has 0 aliphatic rings. The van der Waals surface area contributed by atoms with E-state index in [4.69, 9.17) is 16.6 Å². The van der Waals surface area contributed by atoms with Crippen molar-refractivity contribution in [1.29, 1.82) is 0 Å². The number of carboxylic acids is 1. The van der Waals surface area contributed by atoms with Crippen LogP contribution in [0.15, 0.2) is 54.6 Å². The Labute approximate surface area is 209 Å². The van der Waals surface area contributed by atoms with Gasteiger partial charge in [0.15, 0.2) is 0 Å². The lowest BCUT2D eigenvalue weighted by atomic mass is 10.0. The number of nitrogens with two attached hydrogens (primary N) is 2. The second-order valence-electron chi connectivity index (χ2n) is 8.33. The van der Waals surface area contributed by atoms with Crippen molar-refractivity contribution in [3.63, 3.8) is 0 Å². The van der Waals surface area contributed by atoms with Crippen LogP contribution in [0.2, 0.25) is 0 Å². The zero-order valence-corrected chi connectivity index (χ0v) is 19.9. The Kier molecular flexibility index (Phi) is 11.3. The maximum atomic E-state index is 13.1. The van der Waals surface area contributed by atoms with Crippen LogP contribution in [0.1, 0.15) is 24.0 Å². The molecule has 0 saturated heterocycles. The molecule has 2 rings (SSSR count). The van der Waals surface area contributed by atoms with E-state index in [-0.39, 0.29) is 31.6 Å². The Hall–Kier alpha value is -3.96. The van der Waals surface area contributed by atoms with E-state index in [0.717, 1.165) is 11.1 Å². The summed E-state index contributed by atoms with van der Waals surface area (Å²) in [6.45, 7) is -0.314. The number of nitrogens with one attached hydrogen (secondary N) is 3. The molecule has 0 aliphatic heterocycles. The number of phenolic OH excluding ortho intramolecular Hbond substituents is 1. The van der Waals surface area contributed by atoms with Crippen LogP contribution in [0.4, 0.5) is 0 Å². The summed E-state index contributed by atoms with van der Waals surface area (Å²) in [6, 6.07) is 12.2. The molecule has 3 amide bonds. The molecule has 36 heavy (non-hydrogen) atoms. The van der Waals surface area contributed by atoms with Crippen molar-refractivity contribution in [3.8, 4) is 5.75 Å². The Morgan fingerprint density at radius 2 is 1.42 bits per heavy atom. The summed E-state index contributed by atoms with van der Waals surface area (Å²) < 4.78 is 0. The summed E-state index contributed by atoms with van der Waals surface area (Å²) in [6.07, 6.45) is 0.955.